The molecule has 0 spiro atoms. The van der Waals surface area contributed by atoms with Crippen LogP contribution in [0.25, 0.3) is 0 Å². The van der Waals surface area contributed by atoms with E-state index >= 15 is 0 Å². The third-order valence-corrected chi connectivity index (χ3v) is 7.83. The van der Waals surface area contributed by atoms with Crippen LogP contribution in [0.1, 0.15) is 72.6 Å². The van der Waals surface area contributed by atoms with Gasteiger partial charge in [-0.15, -0.1) is 12.8 Å². The van der Waals surface area contributed by atoms with Crippen molar-refractivity contribution in [3.63, 3.8) is 0 Å². The number of carboxylic acid groups (broad SMARTS) is 1. The number of halogens is 1. The van der Waals surface area contributed by atoms with Gasteiger partial charge in [-0.2, -0.15) is 0 Å². The van der Waals surface area contributed by atoms with Gasteiger partial charge in [0.1, 0.15) is 5.78 Å². The first kappa shape index (κ1) is 26.2. The van der Waals surface area contributed by atoms with Gasteiger partial charge in [-0.25, -0.2) is 0 Å². The molecule has 5 heteroatoms. The number of aliphatic carboxylic acids is 1. The standard InChI is InChI=1S/C21H29ClO2.C2H4O2.C2H2/c1-13(22)19-12-17(24)8-10-21(19,4)16-7-9-20(3)15(11-16)5-6-18(20)14(2)23;1-2(3)4;1-2/h12,15-16,18H,1,5-11H2,2-4H3;1H3,(H,3,4);1-2H. The molecular formula is C25H35ClO4. The largest absolute Gasteiger partial charge is 0.481 e. The molecule has 3 aliphatic carbocycles. The number of ketones is 2. The van der Waals surface area contributed by atoms with Crippen LogP contribution in [-0.4, -0.2) is 22.6 Å². The van der Waals surface area contributed by atoms with E-state index in [1.807, 2.05) is 0 Å². The van der Waals surface area contributed by atoms with Crippen molar-refractivity contribution in [2.24, 2.45) is 28.6 Å². The highest BCUT2D eigenvalue weighted by Gasteiger charge is 2.54. The van der Waals surface area contributed by atoms with Crippen molar-refractivity contribution < 1.29 is 19.5 Å². The van der Waals surface area contributed by atoms with Gasteiger partial charge in [-0.1, -0.05) is 32.0 Å². The second-order valence-electron chi connectivity index (χ2n) is 9.28. The van der Waals surface area contributed by atoms with Gasteiger partial charge in [-0.05, 0) is 79.8 Å². The second-order valence-corrected chi connectivity index (χ2v) is 9.74. The Balaban J connectivity index is 0.000000673. The molecule has 4 nitrogen and oxygen atoms in total. The first-order valence-electron chi connectivity index (χ1n) is 10.5. The maximum Gasteiger partial charge on any atom is 0.300 e. The SMILES string of the molecule is C#C.C=C(Cl)C1=CC(=O)CCC1(C)C1CCC2(C)C(CCC2C(C)=O)C1.CC(=O)O. The summed E-state index contributed by atoms with van der Waals surface area (Å²) in [5.41, 5.74) is 1.07. The zero-order valence-electron chi connectivity index (χ0n) is 18.7. The number of allylic oxidation sites excluding steroid dienone is 3. The molecule has 3 rings (SSSR count). The van der Waals surface area contributed by atoms with E-state index in [0.29, 0.717) is 29.1 Å². The number of Topliss-reactive ketones (excluding diaryl/α,β-unsaturated/α-hetero) is 1. The predicted octanol–water partition coefficient (Wildman–Crippen LogP) is 5.80. The molecule has 0 amide bonds. The van der Waals surface area contributed by atoms with Crippen molar-refractivity contribution in [1.29, 1.82) is 0 Å². The fraction of sp³-hybridized carbons (Fsp3) is 0.640. The first-order chi connectivity index (χ1) is 13.9. The number of terminal acetylenes is 1. The maximum atomic E-state index is 12.1. The van der Waals surface area contributed by atoms with Gasteiger partial charge in [0.2, 0.25) is 0 Å². The van der Waals surface area contributed by atoms with Gasteiger partial charge in [-0.3, -0.25) is 14.4 Å². The van der Waals surface area contributed by atoms with Crippen molar-refractivity contribution in [3.05, 3.63) is 23.3 Å². The van der Waals surface area contributed by atoms with E-state index in [1.165, 1.54) is 0 Å². The van der Waals surface area contributed by atoms with Crippen LogP contribution in [0.15, 0.2) is 23.3 Å². The molecule has 2 saturated carbocycles. The molecule has 5 unspecified atom stereocenters. The zero-order chi connectivity index (χ0) is 23.3. The Labute approximate surface area is 186 Å². The Bertz CT molecular complexity index is 745. The monoisotopic (exact) mass is 434 g/mol. The van der Waals surface area contributed by atoms with Crippen molar-refractivity contribution in [3.8, 4) is 12.8 Å². The lowest BCUT2D eigenvalue weighted by Crippen LogP contribution is -2.43. The minimum Gasteiger partial charge on any atom is -0.481 e. The number of carboxylic acids is 1. The predicted molar refractivity (Wildman–Crippen MR) is 121 cm³/mol. The molecule has 0 radical (unpaired) electrons. The lowest BCUT2D eigenvalue weighted by Gasteiger charge is -2.50. The Morgan fingerprint density at radius 1 is 1.13 bits per heavy atom. The van der Waals surface area contributed by atoms with Crippen LogP contribution < -0.4 is 0 Å². The van der Waals surface area contributed by atoms with Crippen LogP contribution in [0.2, 0.25) is 0 Å². The molecule has 1 N–H and O–H groups in total. The van der Waals surface area contributed by atoms with E-state index < -0.39 is 5.97 Å². The maximum absolute atomic E-state index is 12.1. The summed E-state index contributed by atoms with van der Waals surface area (Å²) >= 11 is 6.27. The molecular weight excluding hydrogens is 400 g/mol. The summed E-state index contributed by atoms with van der Waals surface area (Å²) in [6.07, 6.45) is 16.8. The molecule has 2 fully saturated rings. The quantitative estimate of drug-likeness (QED) is 0.570. The van der Waals surface area contributed by atoms with Gasteiger partial charge in [0, 0.05) is 24.3 Å². The number of fused-ring (bicyclic) bond motifs is 1. The summed E-state index contributed by atoms with van der Waals surface area (Å²) in [5.74, 6) is 1.08. The Morgan fingerprint density at radius 2 is 1.70 bits per heavy atom. The van der Waals surface area contributed by atoms with Gasteiger partial charge in [0.25, 0.3) is 5.97 Å². The fourth-order valence-corrected chi connectivity index (χ4v) is 6.27. The van der Waals surface area contributed by atoms with Crippen LogP contribution in [0.3, 0.4) is 0 Å². The van der Waals surface area contributed by atoms with E-state index in [4.69, 9.17) is 21.5 Å². The summed E-state index contributed by atoms with van der Waals surface area (Å²) in [6, 6.07) is 0. The minimum absolute atomic E-state index is 0.0532. The van der Waals surface area contributed by atoms with Crippen molar-refractivity contribution >= 4 is 29.1 Å². The van der Waals surface area contributed by atoms with E-state index in [1.54, 1.807) is 13.0 Å². The fourth-order valence-electron chi connectivity index (χ4n) is 6.00. The molecule has 0 aliphatic heterocycles. The van der Waals surface area contributed by atoms with Crippen molar-refractivity contribution in [2.75, 3.05) is 0 Å². The Morgan fingerprint density at radius 3 is 2.20 bits per heavy atom. The molecule has 0 saturated heterocycles. The van der Waals surface area contributed by atoms with Crippen LogP contribution in [0.4, 0.5) is 0 Å². The Hall–Kier alpha value is -1.86. The first-order valence-corrected chi connectivity index (χ1v) is 10.9. The lowest BCUT2D eigenvalue weighted by atomic mass is 9.54. The van der Waals surface area contributed by atoms with Crippen LogP contribution in [-0.2, 0) is 14.4 Å². The second kappa shape index (κ2) is 10.4. The lowest BCUT2D eigenvalue weighted by molar-refractivity contribution is -0.134. The smallest absolute Gasteiger partial charge is 0.300 e. The van der Waals surface area contributed by atoms with Crippen LogP contribution in [0, 0.1) is 41.4 Å². The number of rotatable bonds is 3. The number of hydrogen-bond donors (Lipinski definition) is 1. The van der Waals surface area contributed by atoms with E-state index in [-0.39, 0.29) is 22.5 Å². The molecule has 166 valence electrons. The molecule has 0 heterocycles. The van der Waals surface area contributed by atoms with Crippen molar-refractivity contribution in [1.82, 2.24) is 0 Å². The van der Waals surface area contributed by atoms with Crippen LogP contribution in [0.5, 0.6) is 0 Å². The highest BCUT2D eigenvalue weighted by atomic mass is 35.5. The molecule has 0 aromatic carbocycles. The number of carbonyl (C=O) groups excluding carboxylic acids is 2. The molecule has 0 aromatic rings. The highest BCUT2D eigenvalue weighted by Crippen LogP contribution is 2.61. The molecule has 3 aliphatic rings. The molecule has 30 heavy (non-hydrogen) atoms. The summed E-state index contributed by atoms with van der Waals surface area (Å²) < 4.78 is 0. The van der Waals surface area contributed by atoms with Crippen molar-refractivity contribution in [2.45, 2.75) is 72.6 Å². The molecule has 0 aromatic heterocycles. The minimum atomic E-state index is -0.833. The topological polar surface area (TPSA) is 71.4 Å². The number of carbonyl (C=O) groups is 3. The molecule has 0 bridgehead atoms. The Kier molecular flexibility index (Phi) is 9.11. The summed E-state index contributed by atoms with van der Waals surface area (Å²) in [4.78, 5) is 32.9. The van der Waals surface area contributed by atoms with E-state index in [2.05, 4.69) is 33.3 Å². The van der Waals surface area contributed by atoms with E-state index in [9.17, 15) is 9.59 Å². The van der Waals surface area contributed by atoms with Gasteiger partial charge in [0.15, 0.2) is 5.78 Å². The van der Waals surface area contributed by atoms with Gasteiger partial charge < -0.3 is 5.11 Å². The highest BCUT2D eigenvalue weighted by molar-refractivity contribution is 6.32. The summed E-state index contributed by atoms with van der Waals surface area (Å²) in [5, 5.41) is 7.94. The third-order valence-electron chi connectivity index (χ3n) is 7.63. The zero-order valence-corrected chi connectivity index (χ0v) is 19.4. The number of hydrogen-bond acceptors (Lipinski definition) is 3. The average molecular weight is 435 g/mol. The van der Waals surface area contributed by atoms with Gasteiger partial charge >= 0.3 is 0 Å². The summed E-state index contributed by atoms with van der Waals surface area (Å²) in [7, 11) is 0. The van der Waals surface area contributed by atoms with E-state index in [0.717, 1.165) is 51.0 Å². The normalized spacial score (nSPS) is 34.8. The van der Waals surface area contributed by atoms with Crippen LogP contribution >= 0.6 is 11.6 Å². The molecule has 5 atom stereocenters. The average Bonchev–Trinajstić information content (AvgIpc) is 3.01. The third kappa shape index (κ3) is 5.43. The summed E-state index contributed by atoms with van der Waals surface area (Å²) in [6.45, 7) is 11.4. The van der Waals surface area contributed by atoms with Gasteiger partial charge in [0.05, 0.1) is 0 Å².